The first kappa shape index (κ1) is 17.8. The zero-order valence-corrected chi connectivity index (χ0v) is 12.7. The third-order valence-corrected chi connectivity index (χ3v) is 4.65. The Labute approximate surface area is 123 Å². The molecule has 1 saturated heterocycles. The number of nitrogens with one attached hydrogen (secondary N) is 2. The number of amides is 1. The van der Waals surface area contributed by atoms with Crippen LogP contribution in [0.4, 0.5) is 0 Å². The van der Waals surface area contributed by atoms with Crippen molar-refractivity contribution in [2.75, 3.05) is 33.4 Å². The van der Waals surface area contributed by atoms with Crippen molar-refractivity contribution in [2.24, 2.45) is 0 Å². The Kier molecular flexibility index (Phi) is 7.02. The van der Waals surface area contributed by atoms with Gasteiger partial charge in [-0.05, 0) is 19.3 Å². The average molecular weight is 323 g/mol. The highest BCUT2D eigenvalue weighted by Gasteiger charge is 2.36. The van der Waals surface area contributed by atoms with Gasteiger partial charge in [0.25, 0.3) is 10.2 Å². The number of hydrogen-bond donors (Lipinski definition) is 3. The molecule has 0 aromatic rings. The minimum Gasteiger partial charge on any atom is -0.480 e. The third-order valence-electron chi connectivity index (χ3n) is 3.09. The summed E-state index contributed by atoms with van der Waals surface area (Å²) in [6, 6.07) is -1.08. The Morgan fingerprint density at radius 1 is 1.38 bits per heavy atom. The van der Waals surface area contributed by atoms with Gasteiger partial charge in [0.15, 0.2) is 0 Å². The van der Waals surface area contributed by atoms with Gasteiger partial charge >= 0.3 is 5.97 Å². The van der Waals surface area contributed by atoms with E-state index in [-0.39, 0.29) is 19.5 Å². The van der Waals surface area contributed by atoms with Gasteiger partial charge in [0.05, 0.1) is 13.2 Å². The topological polar surface area (TPSA) is 125 Å². The normalized spacial score (nSPS) is 20.1. The molecule has 9 nitrogen and oxygen atoms in total. The van der Waals surface area contributed by atoms with Gasteiger partial charge in [-0.25, -0.2) is 0 Å². The second-order valence-electron chi connectivity index (χ2n) is 4.63. The predicted octanol–water partition coefficient (Wildman–Crippen LogP) is -1.48. The zero-order chi connectivity index (χ0) is 15.9. The lowest BCUT2D eigenvalue weighted by atomic mass is 10.1. The van der Waals surface area contributed by atoms with Crippen molar-refractivity contribution < 1.29 is 27.9 Å². The van der Waals surface area contributed by atoms with E-state index >= 15 is 0 Å². The van der Waals surface area contributed by atoms with Gasteiger partial charge in [-0.3, -0.25) is 9.59 Å². The molecule has 1 heterocycles. The molecule has 1 fully saturated rings. The molecule has 0 saturated carbocycles. The van der Waals surface area contributed by atoms with Crippen molar-refractivity contribution in [1.29, 1.82) is 0 Å². The molecule has 1 unspecified atom stereocenters. The van der Waals surface area contributed by atoms with Crippen molar-refractivity contribution in [2.45, 2.75) is 25.3 Å². The number of piperidine rings is 1. The number of carbonyl (C=O) groups excluding carboxylic acids is 1. The fourth-order valence-electron chi connectivity index (χ4n) is 2.03. The molecule has 3 N–H and O–H groups in total. The van der Waals surface area contributed by atoms with Crippen LogP contribution in [0.25, 0.3) is 0 Å². The molecular formula is C11H21N3O6S. The second kappa shape index (κ2) is 8.27. The van der Waals surface area contributed by atoms with Crippen molar-refractivity contribution in [3.05, 3.63) is 0 Å². The Hall–Kier alpha value is -1.23. The summed E-state index contributed by atoms with van der Waals surface area (Å²) in [5.74, 6) is -1.68. The van der Waals surface area contributed by atoms with Crippen LogP contribution in [-0.4, -0.2) is 69.1 Å². The molecule has 0 aliphatic carbocycles. The van der Waals surface area contributed by atoms with Crippen LogP contribution >= 0.6 is 0 Å². The number of hydrogen-bond acceptors (Lipinski definition) is 5. The highest BCUT2D eigenvalue weighted by atomic mass is 32.2. The van der Waals surface area contributed by atoms with Gasteiger partial charge < -0.3 is 15.2 Å². The van der Waals surface area contributed by atoms with Crippen LogP contribution in [0.1, 0.15) is 19.3 Å². The molecule has 0 aromatic carbocycles. The molecule has 1 atom stereocenters. The molecular weight excluding hydrogens is 302 g/mol. The van der Waals surface area contributed by atoms with E-state index in [0.717, 1.165) is 4.31 Å². The third kappa shape index (κ3) is 5.58. The smallest absolute Gasteiger partial charge is 0.322 e. The summed E-state index contributed by atoms with van der Waals surface area (Å²) >= 11 is 0. The highest BCUT2D eigenvalue weighted by Crippen LogP contribution is 2.19. The SMILES string of the molecule is COCCNC(=O)CNS(=O)(=O)N1CCCCC1C(=O)O. The van der Waals surface area contributed by atoms with E-state index in [2.05, 4.69) is 10.0 Å². The van der Waals surface area contributed by atoms with Crippen molar-refractivity contribution in [3.63, 3.8) is 0 Å². The lowest BCUT2D eigenvalue weighted by Gasteiger charge is -2.31. The van der Waals surface area contributed by atoms with Crippen LogP contribution in [0.2, 0.25) is 0 Å². The maximum Gasteiger partial charge on any atom is 0.322 e. The van der Waals surface area contributed by atoms with E-state index in [0.29, 0.717) is 19.4 Å². The van der Waals surface area contributed by atoms with Crippen LogP contribution in [-0.2, 0) is 24.5 Å². The Morgan fingerprint density at radius 3 is 2.71 bits per heavy atom. The summed E-state index contributed by atoms with van der Waals surface area (Å²) in [5, 5.41) is 11.5. The maximum absolute atomic E-state index is 12.1. The number of methoxy groups -OCH3 is 1. The highest BCUT2D eigenvalue weighted by molar-refractivity contribution is 7.87. The van der Waals surface area contributed by atoms with Gasteiger partial charge in [-0.15, -0.1) is 0 Å². The van der Waals surface area contributed by atoms with E-state index < -0.39 is 34.7 Å². The van der Waals surface area contributed by atoms with Gasteiger partial charge in [0.1, 0.15) is 6.04 Å². The molecule has 21 heavy (non-hydrogen) atoms. The summed E-state index contributed by atoms with van der Waals surface area (Å²) in [7, 11) is -2.51. The minimum atomic E-state index is -3.99. The fraction of sp³-hybridized carbons (Fsp3) is 0.818. The van der Waals surface area contributed by atoms with E-state index in [1.54, 1.807) is 0 Å². The minimum absolute atomic E-state index is 0.137. The zero-order valence-electron chi connectivity index (χ0n) is 11.9. The Balaban J connectivity index is 2.55. The standard InChI is InChI=1S/C11H21N3O6S/c1-20-7-5-12-10(15)8-13-21(18,19)14-6-3-2-4-9(14)11(16)17/h9,13H,2-8H2,1H3,(H,12,15)(H,16,17). The lowest BCUT2D eigenvalue weighted by Crippen LogP contribution is -2.53. The van der Waals surface area contributed by atoms with E-state index in [4.69, 9.17) is 9.84 Å². The largest absolute Gasteiger partial charge is 0.480 e. The number of rotatable bonds is 8. The number of aliphatic carboxylic acids is 1. The number of carboxylic acid groups (broad SMARTS) is 1. The summed E-state index contributed by atoms with van der Waals surface area (Å²) < 4.78 is 31.9. The number of nitrogens with zero attached hydrogens (tertiary/aromatic N) is 1. The lowest BCUT2D eigenvalue weighted by molar-refractivity contribution is -0.142. The molecule has 0 radical (unpaired) electrons. The van der Waals surface area contributed by atoms with Gasteiger partial charge in [-0.1, -0.05) is 0 Å². The number of carbonyl (C=O) groups is 2. The van der Waals surface area contributed by atoms with Crippen LogP contribution in [0.5, 0.6) is 0 Å². The first-order valence-electron chi connectivity index (χ1n) is 6.63. The fourth-order valence-corrected chi connectivity index (χ4v) is 3.41. The summed E-state index contributed by atoms with van der Waals surface area (Å²) in [6.07, 6.45) is 1.54. The van der Waals surface area contributed by atoms with Crippen molar-refractivity contribution >= 4 is 22.1 Å². The first-order valence-corrected chi connectivity index (χ1v) is 8.07. The number of carboxylic acids is 1. The van der Waals surface area contributed by atoms with Crippen LogP contribution in [0.3, 0.4) is 0 Å². The molecule has 0 bridgehead atoms. The average Bonchev–Trinajstić information content (AvgIpc) is 2.45. The van der Waals surface area contributed by atoms with Crippen molar-refractivity contribution in [3.8, 4) is 0 Å². The Morgan fingerprint density at radius 2 is 2.10 bits per heavy atom. The maximum atomic E-state index is 12.1. The summed E-state index contributed by atoms with van der Waals surface area (Å²) in [4.78, 5) is 22.5. The molecule has 122 valence electrons. The van der Waals surface area contributed by atoms with E-state index in [9.17, 15) is 18.0 Å². The Bertz CT molecular complexity index is 467. The van der Waals surface area contributed by atoms with E-state index in [1.807, 2.05) is 0 Å². The van der Waals surface area contributed by atoms with Crippen LogP contribution < -0.4 is 10.0 Å². The summed E-state index contributed by atoms with van der Waals surface area (Å²) in [5.41, 5.74) is 0. The quantitative estimate of drug-likeness (QED) is 0.468. The monoisotopic (exact) mass is 323 g/mol. The second-order valence-corrected chi connectivity index (χ2v) is 6.34. The molecule has 1 aliphatic rings. The molecule has 0 aromatic heterocycles. The molecule has 10 heteroatoms. The molecule has 1 rings (SSSR count). The van der Waals surface area contributed by atoms with Crippen molar-refractivity contribution in [1.82, 2.24) is 14.3 Å². The van der Waals surface area contributed by atoms with Gasteiger partial charge in [0, 0.05) is 20.2 Å². The van der Waals surface area contributed by atoms with Gasteiger partial charge in [-0.2, -0.15) is 17.4 Å². The first-order chi connectivity index (χ1) is 9.88. The van der Waals surface area contributed by atoms with Gasteiger partial charge in [0.2, 0.25) is 5.91 Å². The van der Waals surface area contributed by atoms with Crippen LogP contribution in [0, 0.1) is 0 Å². The van der Waals surface area contributed by atoms with E-state index in [1.165, 1.54) is 7.11 Å². The molecule has 1 amide bonds. The molecule has 1 aliphatic heterocycles. The predicted molar refractivity (Wildman–Crippen MR) is 73.8 cm³/mol. The van der Waals surface area contributed by atoms with Crippen LogP contribution in [0.15, 0.2) is 0 Å². The molecule has 0 spiro atoms. The number of ether oxygens (including phenoxy) is 1. The summed E-state index contributed by atoms with van der Waals surface area (Å²) in [6.45, 7) is 0.302.